The molecule has 2 aromatic rings. The van der Waals surface area contributed by atoms with Crippen molar-refractivity contribution in [2.24, 2.45) is 0 Å². The molecule has 0 amide bonds. The quantitative estimate of drug-likeness (QED) is 0.941. The van der Waals surface area contributed by atoms with Gasteiger partial charge in [-0.05, 0) is 51.7 Å². The van der Waals surface area contributed by atoms with Crippen molar-refractivity contribution in [1.82, 2.24) is 19.7 Å². The molecule has 0 unspecified atom stereocenters. The Kier molecular flexibility index (Phi) is 4.18. The van der Waals surface area contributed by atoms with E-state index in [0.717, 1.165) is 37.1 Å². The standard InChI is InChI=1S/C16H21N5O/c1-11-10-12(2)19-16(18-11)20-13-5-7-14(8-6-13)21-15(22)4-3-9-17-21/h3-4,9-10,13-14H,5-8H2,1-2H3,(H,18,19,20). The second-order valence-electron chi connectivity index (χ2n) is 5.93. The number of hydrogen-bond acceptors (Lipinski definition) is 5. The van der Waals surface area contributed by atoms with Gasteiger partial charge in [0.1, 0.15) is 0 Å². The van der Waals surface area contributed by atoms with Crippen LogP contribution in [0.1, 0.15) is 43.1 Å². The van der Waals surface area contributed by atoms with E-state index < -0.39 is 0 Å². The first kappa shape index (κ1) is 14.7. The summed E-state index contributed by atoms with van der Waals surface area (Å²) < 4.78 is 1.61. The fraction of sp³-hybridized carbons (Fsp3) is 0.500. The van der Waals surface area contributed by atoms with Gasteiger partial charge in [0.15, 0.2) is 0 Å². The van der Waals surface area contributed by atoms with Crippen LogP contribution in [0.3, 0.4) is 0 Å². The van der Waals surface area contributed by atoms with E-state index >= 15 is 0 Å². The molecule has 0 aromatic carbocycles. The van der Waals surface area contributed by atoms with Gasteiger partial charge < -0.3 is 5.32 Å². The van der Waals surface area contributed by atoms with Crippen LogP contribution in [0.15, 0.2) is 29.2 Å². The van der Waals surface area contributed by atoms with Gasteiger partial charge in [0.2, 0.25) is 5.95 Å². The summed E-state index contributed by atoms with van der Waals surface area (Å²) >= 11 is 0. The maximum absolute atomic E-state index is 11.8. The maximum atomic E-state index is 11.8. The Balaban J connectivity index is 1.62. The van der Waals surface area contributed by atoms with Crippen molar-refractivity contribution in [3.8, 4) is 0 Å². The molecule has 22 heavy (non-hydrogen) atoms. The number of aromatic nitrogens is 4. The minimum atomic E-state index is -0.0171. The van der Waals surface area contributed by atoms with Crippen molar-refractivity contribution in [1.29, 1.82) is 0 Å². The summed E-state index contributed by atoms with van der Waals surface area (Å²) in [6.07, 6.45) is 5.54. The molecule has 1 fully saturated rings. The molecule has 0 spiro atoms. The fourth-order valence-electron chi connectivity index (χ4n) is 3.08. The number of rotatable bonds is 3. The molecule has 0 saturated heterocycles. The molecule has 1 saturated carbocycles. The summed E-state index contributed by atoms with van der Waals surface area (Å²) in [5.74, 6) is 0.705. The lowest BCUT2D eigenvalue weighted by Crippen LogP contribution is -2.33. The second kappa shape index (κ2) is 6.25. The Morgan fingerprint density at radius 3 is 2.45 bits per heavy atom. The van der Waals surface area contributed by atoms with Crippen LogP contribution >= 0.6 is 0 Å². The van der Waals surface area contributed by atoms with Crippen molar-refractivity contribution in [2.75, 3.05) is 5.32 Å². The molecule has 6 heteroatoms. The zero-order valence-electron chi connectivity index (χ0n) is 13.0. The minimum absolute atomic E-state index is 0.0171. The molecule has 1 aliphatic carbocycles. The molecule has 6 nitrogen and oxygen atoms in total. The molecule has 1 aliphatic rings. The molecule has 0 atom stereocenters. The lowest BCUT2D eigenvalue weighted by atomic mass is 9.91. The first-order valence-corrected chi connectivity index (χ1v) is 7.74. The van der Waals surface area contributed by atoms with Crippen LogP contribution in [-0.2, 0) is 0 Å². The molecule has 2 aromatic heterocycles. The topological polar surface area (TPSA) is 72.7 Å². The summed E-state index contributed by atoms with van der Waals surface area (Å²) in [7, 11) is 0. The van der Waals surface area contributed by atoms with Gasteiger partial charge in [0, 0.05) is 29.7 Å². The average Bonchev–Trinajstić information content (AvgIpc) is 2.48. The Bertz CT molecular complexity index is 683. The lowest BCUT2D eigenvalue weighted by molar-refractivity contribution is 0.303. The van der Waals surface area contributed by atoms with E-state index in [9.17, 15) is 4.79 Å². The van der Waals surface area contributed by atoms with E-state index in [1.54, 1.807) is 23.0 Å². The van der Waals surface area contributed by atoms with E-state index in [2.05, 4.69) is 20.4 Å². The molecule has 0 radical (unpaired) electrons. The summed E-state index contributed by atoms with van der Waals surface area (Å²) in [4.78, 5) is 20.7. The van der Waals surface area contributed by atoms with Crippen LogP contribution in [0.25, 0.3) is 0 Å². The van der Waals surface area contributed by atoms with Gasteiger partial charge in [-0.15, -0.1) is 0 Å². The van der Waals surface area contributed by atoms with Gasteiger partial charge in [0.25, 0.3) is 5.56 Å². The van der Waals surface area contributed by atoms with Crippen LogP contribution in [-0.4, -0.2) is 25.8 Å². The van der Waals surface area contributed by atoms with E-state index in [4.69, 9.17) is 0 Å². The number of anilines is 1. The highest BCUT2D eigenvalue weighted by atomic mass is 16.1. The Morgan fingerprint density at radius 2 is 1.82 bits per heavy atom. The molecule has 3 rings (SSSR count). The van der Waals surface area contributed by atoms with Crippen molar-refractivity contribution in [2.45, 2.75) is 51.6 Å². The Hall–Kier alpha value is -2.24. The van der Waals surface area contributed by atoms with Crippen molar-refractivity contribution in [3.63, 3.8) is 0 Å². The summed E-state index contributed by atoms with van der Waals surface area (Å²) in [6.45, 7) is 3.95. The van der Waals surface area contributed by atoms with Gasteiger partial charge >= 0.3 is 0 Å². The number of aryl methyl sites for hydroxylation is 2. The summed E-state index contributed by atoms with van der Waals surface area (Å²) in [5.41, 5.74) is 1.93. The highest BCUT2D eigenvalue weighted by Gasteiger charge is 2.24. The predicted octanol–water partition coefficient (Wildman–Crippen LogP) is 2.25. The molecule has 116 valence electrons. The molecular formula is C16H21N5O. The normalized spacial score (nSPS) is 21.5. The zero-order chi connectivity index (χ0) is 15.5. The smallest absolute Gasteiger partial charge is 0.266 e. The third-order valence-corrected chi connectivity index (χ3v) is 4.10. The summed E-state index contributed by atoms with van der Waals surface area (Å²) in [6, 6.07) is 5.78. The fourth-order valence-corrected chi connectivity index (χ4v) is 3.08. The van der Waals surface area contributed by atoms with E-state index in [0.29, 0.717) is 12.0 Å². The highest BCUT2D eigenvalue weighted by Crippen LogP contribution is 2.28. The van der Waals surface area contributed by atoms with Crippen LogP contribution < -0.4 is 10.9 Å². The van der Waals surface area contributed by atoms with Crippen LogP contribution in [0.5, 0.6) is 0 Å². The number of nitrogens with zero attached hydrogens (tertiary/aromatic N) is 4. The summed E-state index contributed by atoms with van der Waals surface area (Å²) in [5, 5.41) is 7.61. The SMILES string of the molecule is Cc1cc(C)nc(NC2CCC(n3ncccc3=O)CC2)n1. The highest BCUT2D eigenvalue weighted by molar-refractivity contribution is 5.29. The van der Waals surface area contributed by atoms with E-state index in [1.807, 2.05) is 19.9 Å². The van der Waals surface area contributed by atoms with Crippen molar-refractivity contribution in [3.05, 3.63) is 46.1 Å². The first-order chi connectivity index (χ1) is 10.6. The predicted molar refractivity (Wildman–Crippen MR) is 84.9 cm³/mol. The van der Waals surface area contributed by atoms with Gasteiger partial charge in [-0.2, -0.15) is 5.10 Å². The Morgan fingerprint density at radius 1 is 1.14 bits per heavy atom. The molecule has 0 bridgehead atoms. The average molecular weight is 299 g/mol. The van der Waals surface area contributed by atoms with Crippen LogP contribution in [0.2, 0.25) is 0 Å². The van der Waals surface area contributed by atoms with E-state index in [-0.39, 0.29) is 11.6 Å². The molecular weight excluding hydrogens is 278 g/mol. The second-order valence-corrected chi connectivity index (χ2v) is 5.93. The van der Waals surface area contributed by atoms with Gasteiger partial charge in [-0.25, -0.2) is 14.6 Å². The van der Waals surface area contributed by atoms with E-state index in [1.165, 1.54) is 0 Å². The number of nitrogens with one attached hydrogen (secondary N) is 1. The molecule has 0 aliphatic heterocycles. The van der Waals surface area contributed by atoms with Gasteiger partial charge in [0.05, 0.1) is 6.04 Å². The van der Waals surface area contributed by atoms with Gasteiger partial charge in [-0.1, -0.05) is 0 Å². The third-order valence-electron chi connectivity index (χ3n) is 4.10. The first-order valence-electron chi connectivity index (χ1n) is 7.74. The van der Waals surface area contributed by atoms with Crippen molar-refractivity contribution < 1.29 is 0 Å². The van der Waals surface area contributed by atoms with Crippen LogP contribution in [0, 0.1) is 13.8 Å². The monoisotopic (exact) mass is 299 g/mol. The number of hydrogen-bond donors (Lipinski definition) is 1. The third kappa shape index (κ3) is 3.32. The Labute approximate surface area is 129 Å². The maximum Gasteiger partial charge on any atom is 0.266 e. The minimum Gasteiger partial charge on any atom is -0.351 e. The largest absolute Gasteiger partial charge is 0.351 e. The zero-order valence-corrected chi connectivity index (χ0v) is 13.0. The van der Waals surface area contributed by atoms with Crippen LogP contribution in [0.4, 0.5) is 5.95 Å². The lowest BCUT2D eigenvalue weighted by Gasteiger charge is -2.29. The van der Waals surface area contributed by atoms with Gasteiger partial charge in [-0.3, -0.25) is 4.79 Å². The molecule has 2 heterocycles. The van der Waals surface area contributed by atoms with Crippen molar-refractivity contribution >= 4 is 5.95 Å². The molecule has 1 N–H and O–H groups in total.